The highest BCUT2D eigenvalue weighted by Gasteiger charge is 2.32. The summed E-state index contributed by atoms with van der Waals surface area (Å²) in [5.74, 6) is 0.890. The van der Waals surface area contributed by atoms with Crippen LogP contribution in [0.2, 0.25) is 0 Å². The van der Waals surface area contributed by atoms with Crippen LogP contribution in [-0.2, 0) is 6.42 Å². The van der Waals surface area contributed by atoms with Gasteiger partial charge in [-0.3, -0.25) is 4.79 Å². The van der Waals surface area contributed by atoms with E-state index in [1.54, 1.807) is 0 Å². The number of Topliss-reactive ketones (excluding diaryl/α,β-unsaturated/α-hetero) is 1. The van der Waals surface area contributed by atoms with Gasteiger partial charge in [-0.2, -0.15) is 0 Å². The predicted octanol–water partition coefficient (Wildman–Crippen LogP) is 1.85. The third kappa shape index (κ3) is 1.71. The van der Waals surface area contributed by atoms with Crippen molar-refractivity contribution in [3.63, 3.8) is 0 Å². The summed E-state index contributed by atoms with van der Waals surface area (Å²) in [6.45, 7) is 6.13. The summed E-state index contributed by atoms with van der Waals surface area (Å²) in [7, 11) is 0. The van der Waals surface area contributed by atoms with Crippen LogP contribution in [0.15, 0.2) is 12.1 Å². The highest BCUT2D eigenvalue weighted by molar-refractivity contribution is 5.99. The molecule has 0 bridgehead atoms. The number of fused-ring (bicyclic) bond motifs is 1. The first-order valence-electron chi connectivity index (χ1n) is 5.49. The maximum Gasteiger partial charge on any atom is 0.176 e. The van der Waals surface area contributed by atoms with Gasteiger partial charge in [-0.05, 0) is 38.5 Å². The van der Waals surface area contributed by atoms with Crippen LogP contribution in [0.25, 0.3) is 0 Å². The van der Waals surface area contributed by atoms with E-state index in [1.165, 1.54) is 0 Å². The first-order chi connectivity index (χ1) is 7.44. The lowest BCUT2D eigenvalue weighted by atomic mass is 9.93. The predicted molar refractivity (Wildman–Crippen MR) is 63.0 cm³/mol. The summed E-state index contributed by atoms with van der Waals surface area (Å²) in [4.78, 5) is 11.6. The van der Waals surface area contributed by atoms with Gasteiger partial charge in [0, 0.05) is 17.5 Å². The molecule has 0 aromatic heterocycles. The van der Waals surface area contributed by atoms with Gasteiger partial charge < -0.3 is 10.5 Å². The number of hydrogen-bond donors (Lipinski definition) is 1. The van der Waals surface area contributed by atoms with E-state index in [0.29, 0.717) is 0 Å². The average molecular weight is 219 g/mol. The zero-order valence-electron chi connectivity index (χ0n) is 9.96. The fraction of sp³-hybridized carbons (Fsp3) is 0.462. The van der Waals surface area contributed by atoms with Crippen molar-refractivity contribution in [2.24, 2.45) is 5.73 Å². The van der Waals surface area contributed by atoms with Crippen LogP contribution < -0.4 is 10.5 Å². The molecular formula is C13H17NO2. The molecule has 1 aliphatic rings. The molecule has 0 saturated carbocycles. The van der Waals surface area contributed by atoms with Gasteiger partial charge in [-0.25, -0.2) is 0 Å². The molecule has 0 spiro atoms. The second-order valence-corrected chi connectivity index (χ2v) is 4.88. The lowest BCUT2D eigenvalue weighted by Gasteiger charge is -2.16. The number of nitrogens with two attached hydrogens (primary N) is 1. The molecule has 0 fully saturated rings. The molecule has 1 aromatic rings. The molecule has 1 aliphatic heterocycles. The molecule has 1 aromatic carbocycles. The smallest absolute Gasteiger partial charge is 0.176 e. The molecule has 2 N–H and O–H groups in total. The third-order valence-corrected chi connectivity index (χ3v) is 3.03. The Morgan fingerprint density at radius 3 is 2.81 bits per heavy atom. The molecule has 0 radical (unpaired) electrons. The molecule has 2 rings (SSSR count). The number of benzene rings is 1. The summed E-state index contributed by atoms with van der Waals surface area (Å²) >= 11 is 0. The highest BCUT2D eigenvalue weighted by Crippen LogP contribution is 2.37. The maximum atomic E-state index is 11.6. The van der Waals surface area contributed by atoms with Crippen molar-refractivity contribution in [2.45, 2.75) is 32.8 Å². The van der Waals surface area contributed by atoms with E-state index >= 15 is 0 Å². The Hall–Kier alpha value is -1.35. The minimum absolute atomic E-state index is 0.00925. The molecular weight excluding hydrogens is 202 g/mol. The molecule has 0 atom stereocenters. The van der Waals surface area contributed by atoms with Crippen molar-refractivity contribution >= 4 is 5.78 Å². The topological polar surface area (TPSA) is 52.3 Å². The van der Waals surface area contributed by atoms with Crippen LogP contribution in [0.5, 0.6) is 5.75 Å². The minimum Gasteiger partial charge on any atom is -0.487 e. The van der Waals surface area contributed by atoms with Gasteiger partial charge in [-0.1, -0.05) is 0 Å². The van der Waals surface area contributed by atoms with Crippen molar-refractivity contribution in [2.75, 3.05) is 6.54 Å². The van der Waals surface area contributed by atoms with Gasteiger partial charge in [0.15, 0.2) is 5.78 Å². The van der Waals surface area contributed by atoms with Crippen LogP contribution in [0.4, 0.5) is 0 Å². The SMILES string of the molecule is Cc1c(C(=O)CN)ccc2c1CC(C)(C)O2. The van der Waals surface area contributed by atoms with Crippen LogP contribution in [0.3, 0.4) is 0 Å². The van der Waals surface area contributed by atoms with E-state index in [2.05, 4.69) is 13.8 Å². The third-order valence-electron chi connectivity index (χ3n) is 3.03. The van der Waals surface area contributed by atoms with Gasteiger partial charge in [0.05, 0.1) is 6.54 Å². The lowest BCUT2D eigenvalue weighted by molar-refractivity contribution is 0.100. The second-order valence-electron chi connectivity index (χ2n) is 4.88. The Labute approximate surface area is 95.6 Å². The molecule has 3 nitrogen and oxygen atoms in total. The van der Waals surface area contributed by atoms with Gasteiger partial charge in [0.1, 0.15) is 11.4 Å². The highest BCUT2D eigenvalue weighted by atomic mass is 16.5. The molecule has 1 heterocycles. The summed E-state index contributed by atoms with van der Waals surface area (Å²) in [5.41, 5.74) is 8.10. The van der Waals surface area contributed by atoms with E-state index < -0.39 is 0 Å². The molecule has 0 unspecified atom stereocenters. The van der Waals surface area contributed by atoms with Crippen LogP contribution in [0, 0.1) is 6.92 Å². The van der Waals surface area contributed by atoms with Crippen molar-refractivity contribution in [3.8, 4) is 5.75 Å². The number of carbonyl (C=O) groups excluding carboxylic acids is 1. The van der Waals surface area contributed by atoms with Gasteiger partial charge >= 0.3 is 0 Å². The summed E-state index contributed by atoms with van der Waals surface area (Å²) in [6.07, 6.45) is 0.847. The molecule has 3 heteroatoms. The molecule has 0 amide bonds. The Balaban J connectivity index is 2.48. The average Bonchev–Trinajstić information content (AvgIpc) is 2.53. The summed E-state index contributed by atoms with van der Waals surface area (Å²) in [5, 5.41) is 0. The standard InChI is InChI=1S/C13H17NO2/c1-8-9(11(15)7-14)4-5-12-10(8)6-13(2,3)16-12/h4-5H,6-7,14H2,1-3H3. The van der Waals surface area contributed by atoms with Gasteiger partial charge in [0.25, 0.3) is 0 Å². The largest absolute Gasteiger partial charge is 0.487 e. The van der Waals surface area contributed by atoms with E-state index in [1.807, 2.05) is 19.1 Å². The van der Waals surface area contributed by atoms with E-state index in [0.717, 1.165) is 28.9 Å². The molecule has 16 heavy (non-hydrogen) atoms. The Morgan fingerprint density at radius 2 is 2.19 bits per heavy atom. The van der Waals surface area contributed by atoms with Gasteiger partial charge in [-0.15, -0.1) is 0 Å². The van der Waals surface area contributed by atoms with E-state index in [4.69, 9.17) is 10.5 Å². The minimum atomic E-state index is -0.169. The first-order valence-corrected chi connectivity index (χ1v) is 5.49. The second kappa shape index (κ2) is 3.59. The van der Waals surface area contributed by atoms with Crippen molar-refractivity contribution in [1.29, 1.82) is 0 Å². The Morgan fingerprint density at radius 1 is 1.50 bits per heavy atom. The van der Waals surface area contributed by atoms with Crippen molar-refractivity contribution < 1.29 is 9.53 Å². The van der Waals surface area contributed by atoms with E-state index in [-0.39, 0.29) is 17.9 Å². The summed E-state index contributed by atoms with van der Waals surface area (Å²) < 4.78 is 5.80. The summed E-state index contributed by atoms with van der Waals surface area (Å²) in [6, 6.07) is 3.69. The molecule has 0 saturated heterocycles. The first kappa shape index (κ1) is 11.1. The number of hydrogen-bond acceptors (Lipinski definition) is 3. The Bertz CT molecular complexity index is 449. The maximum absolute atomic E-state index is 11.6. The van der Waals surface area contributed by atoms with E-state index in [9.17, 15) is 4.79 Å². The Kier molecular flexibility index (Phi) is 2.50. The number of rotatable bonds is 2. The van der Waals surface area contributed by atoms with Crippen LogP contribution in [0.1, 0.15) is 35.3 Å². The van der Waals surface area contributed by atoms with Crippen molar-refractivity contribution in [3.05, 3.63) is 28.8 Å². The normalized spacial score (nSPS) is 16.8. The fourth-order valence-corrected chi connectivity index (χ4v) is 2.22. The quantitative estimate of drug-likeness (QED) is 0.772. The number of carbonyl (C=O) groups is 1. The molecule has 0 aliphatic carbocycles. The van der Waals surface area contributed by atoms with Crippen LogP contribution >= 0.6 is 0 Å². The van der Waals surface area contributed by atoms with Gasteiger partial charge in [0.2, 0.25) is 0 Å². The van der Waals surface area contributed by atoms with Crippen molar-refractivity contribution in [1.82, 2.24) is 0 Å². The van der Waals surface area contributed by atoms with Crippen LogP contribution in [-0.4, -0.2) is 17.9 Å². The number of ether oxygens (including phenoxy) is 1. The lowest BCUT2D eigenvalue weighted by Crippen LogP contribution is -2.24. The zero-order valence-corrected chi connectivity index (χ0v) is 9.96. The number of ketones is 1. The molecule has 86 valence electrons. The zero-order chi connectivity index (χ0) is 11.9. The fourth-order valence-electron chi connectivity index (χ4n) is 2.22. The monoisotopic (exact) mass is 219 g/mol.